The summed E-state index contributed by atoms with van der Waals surface area (Å²) in [6.45, 7) is 13.1. The van der Waals surface area contributed by atoms with Gasteiger partial charge in [-0.1, -0.05) is 31.1 Å². The Morgan fingerprint density at radius 3 is 2.50 bits per heavy atom. The number of oxime groups is 1. The second-order valence-corrected chi connectivity index (χ2v) is 6.94. The predicted molar refractivity (Wildman–Crippen MR) is 105 cm³/mol. The van der Waals surface area contributed by atoms with Crippen LogP contribution in [0.15, 0.2) is 41.6 Å². The Labute approximate surface area is 156 Å². The molecular formula is C21H29N3O2. The first-order valence-electron chi connectivity index (χ1n) is 9.11. The minimum absolute atomic E-state index is 0.185. The third-order valence-corrected chi connectivity index (χ3v) is 4.31. The Morgan fingerprint density at radius 1 is 1.19 bits per heavy atom. The van der Waals surface area contributed by atoms with Crippen LogP contribution >= 0.6 is 0 Å². The fourth-order valence-electron chi connectivity index (χ4n) is 2.86. The summed E-state index contributed by atoms with van der Waals surface area (Å²) >= 11 is 0. The molecule has 5 nitrogen and oxygen atoms in total. The number of benzene rings is 1. The van der Waals surface area contributed by atoms with Gasteiger partial charge in [0.05, 0.1) is 5.56 Å². The van der Waals surface area contributed by atoms with E-state index in [4.69, 9.17) is 4.74 Å². The monoisotopic (exact) mass is 355 g/mol. The first-order valence-corrected chi connectivity index (χ1v) is 9.11. The van der Waals surface area contributed by atoms with Crippen LogP contribution in [-0.4, -0.2) is 33.5 Å². The Hall–Kier alpha value is -2.56. The largest absolute Gasteiger partial charge is 0.438 e. The molecule has 0 radical (unpaired) electrons. The van der Waals surface area contributed by atoms with Crippen LogP contribution in [0, 0.1) is 6.92 Å². The molecule has 0 aliphatic heterocycles. The zero-order valence-corrected chi connectivity index (χ0v) is 16.5. The van der Waals surface area contributed by atoms with Gasteiger partial charge in [-0.05, 0) is 63.4 Å². The van der Waals surface area contributed by atoms with Gasteiger partial charge in [-0.2, -0.15) is 0 Å². The van der Waals surface area contributed by atoms with E-state index in [1.54, 1.807) is 0 Å². The maximum atomic E-state index is 9.67. The molecule has 0 bridgehead atoms. The summed E-state index contributed by atoms with van der Waals surface area (Å²) in [5, 5.41) is 13.2. The zero-order chi connectivity index (χ0) is 19.3. The Balaban J connectivity index is 2.46. The van der Waals surface area contributed by atoms with Gasteiger partial charge in [-0.25, -0.2) is 4.98 Å². The average Bonchev–Trinajstić information content (AvgIpc) is 2.60. The summed E-state index contributed by atoms with van der Waals surface area (Å²) in [4.78, 5) is 6.55. The predicted octanol–water partition coefficient (Wildman–Crippen LogP) is 5.17. The number of rotatable bonds is 6. The van der Waals surface area contributed by atoms with E-state index < -0.39 is 0 Å². The van der Waals surface area contributed by atoms with Crippen molar-refractivity contribution in [1.82, 2.24) is 9.88 Å². The SMILES string of the molecule is CCN(/C(=N\O)c1ccc(C)nc1Oc1cccc(C(C)C)c1)C(C)C. The summed E-state index contributed by atoms with van der Waals surface area (Å²) in [6.07, 6.45) is 0. The van der Waals surface area contributed by atoms with Crippen molar-refractivity contribution in [2.24, 2.45) is 5.16 Å². The lowest BCUT2D eigenvalue weighted by atomic mass is 10.0. The van der Waals surface area contributed by atoms with Gasteiger partial charge in [0.25, 0.3) is 0 Å². The number of hydrogen-bond donors (Lipinski definition) is 1. The second kappa shape index (κ2) is 8.70. The summed E-state index contributed by atoms with van der Waals surface area (Å²) < 4.78 is 6.11. The molecule has 140 valence electrons. The van der Waals surface area contributed by atoms with Crippen LogP contribution in [-0.2, 0) is 0 Å². The van der Waals surface area contributed by atoms with Crippen molar-refractivity contribution >= 4 is 5.84 Å². The smallest absolute Gasteiger partial charge is 0.230 e. The van der Waals surface area contributed by atoms with Crippen LogP contribution < -0.4 is 4.74 Å². The summed E-state index contributed by atoms with van der Waals surface area (Å²) in [6, 6.07) is 12.0. The standard InChI is InChI=1S/C21H29N3O2/c1-7-24(15(4)5)20(23-25)19-12-11-16(6)22-21(19)26-18-10-8-9-17(13-18)14(2)3/h8-15,25H,7H2,1-6H3/b23-20-. The molecule has 0 unspecified atom stereocenters. The van der Waals surface area contributed by atoms with Crippen molar-refractivity contribution in [2.45, 2.75) is 53.5 Å². The quantitative estimate of drug-likeness (QED) is 0.336. The molecule has 0 aliphatic rings. The van der Waals surface area contributed by atoms with Crippen LogP contribution in [0.25, 0.3) is 0 Å². The molecular weight excluding hydrogens is 326 g/mol. The maximum Gasteiger partial charge on any atom is 0.230 e. The van der Waals surface area contributed by atoms with Crippen molar-refractivity contribution < 1.29 is 9.94 Å². The van der Waals surface area contributed by atoms with Crippen molar-refractivity contribution in [1.29, 1.82) is 0 Å². The lowest BCUT2D eigenvalue weighted by molar-refractivity contribution is 0.289. The minimum atomic E-state index is 0.185. The van der Waals surface area contributed by atoms with Crippen molar-refractivity contribution in [3.63, 3.8) is 0 Å². The molecule has 2 rings (SSSR count). The number of amidine groups is 1. The van der Waals surface area contributed by atoms with Gasteiger partial charge in [-0.15, -0.1) is 0 Å². The highest BCUT2D eigenvalue weighted by atomic mass is 16.5. The first-order chi connectivity index (χ1) is 12.4. The van der Waals surface area contributed by atoms with E-state index in [1.807, 2.05) is 49.1 Å². The summed E-state index contributed by atoms with van der Waals surface area (Å²) in [5.74, 6) is 2.04. The van der Waals surface area contributed by atoms with Gasteiger partial charge in [0, 0.05) is 18.3 Å². The van der Waals surface area contributed by atoms with E-state index in [-0.39, 0.29) is 6.04 Å². The number of aryl methyl sites for hydroxylation is 1. The van der Waals surface area contributed by atoms with E-state index in [0.29, 0.717) is 29.7 Å². The summed E-state index contributed by atoms with van der Waals surface area (Å²) in [5.41, 5.74) is 2.71. The Bertz CT molecular complexity index is 770. The van der Waals surface area contributed by atoms with Gasteiger partial charge in [-0.3, -0.25) is 0 Å². The molecule has 26 heavy (non-hydrogen) atoms. The van der Waals surface area contributed by atoms with Crippen LogP contribution in [0.5, 0.6) is 11.6 Å². The lowest BCUT2D eigenvalue weighted by Crippen LogP contribution is -2.37. The van der Waals surface area contributed by atoms with E-state index in [1.165, 1.54) is 5.56 Å². The number of aromatic nitrogens is 1. The third kappa shape index (κ3) is 4.54. The number of ether oxygens (including phenoxy) is 1. The molecule has 0 aliphatic carbocycles. The van der Waals surface area contributed by atoms with E-state index >= 15 is 0 Å². The normalized spacial score (nSPS) is 11.9. The molecule has 1 heterocycles. The second-order valence-electron chi connectivity index (χ2n) is 6.94. The average molecular weight is 355 g/mol. The van der Waals surface area contributed by atoms with Crippen LogP contribution in [0.2, 0.25) is 0 Å². The zero-order valence-electron chi connectivity index (χ0n) is 16.5. The highest BCUT2D eigenvalue weighted by molar-refractivity contribution is 6.00. The molecule has 1 aromatic carbocycles. The van der Waals surface area contributed by atoms with Crippen LogP contribution in [0.1, 0.15) is 57.4 Å². The third-order valence-electron chi connectivity index (χ3n) is 4.31. The minimum Gasteiger partial charge on any atom is -0.438 e. The number of nitrogens with zero attached hydrogens (tertiary/aromatic N) is 3. The lowest BCUT2D eigenvalue weighted by Gasteiger charge is -2.28. The van der Waals surface area contributed by atoms with Gasteiger partial charge >= 0.3 is 0 Å². The summed E-state index contributed by atoms with van der Waals surface area (Å²) in [7, 11) is 0. The van der Waals surface area contributed by atoms with Crippen molar-refractivity contribution in [3.05, 3.63) is 53.2 Å². The highest BCUT2D eigenvalue weighted by Crippen LogP contribution is 2.28. The van der Waals surface area contributed by atoms with E-state index in [0.717, 1.165) is 11.4 Å². The number of hydrogen-bond acceptors (Lipinski definition) is 4. The molecule has 5 heteroatoms. The molecule has 1 N–H and O–H groups in total. The molecule has 2 aromatic rings. The molecule has 0 atom stereocenters. The highest BCUT2D eigenvalue weighted by Gasteiger charge is 2.21. The first kappa shape index (κ1) is 19.8. The molecule has 0 spiro atoms. The Morgan fingerprint density at radius 2 is 1.92 bits per heavy atom. The van der Waals surface area contributed by atoms with Crippen molar-refractivity contribution in [3.8, 4) is 11.6 Å². The van der Waals surface area contributed by atoms with Crippen LogP contribution in [0.4, 0.5) is 0 Å². The molecule has 1 aromatic heterocycles. The molecule has 0 saturated carbocycles. The fraction of sp³-hybridized carbons (Fsp3) is 0.429. The van der Waals surface area contributed by atoms with Gasteiger partial charge in [0.2, 0.25) is 5.88 Å². The fourth-order valence-corrected chi connectivity index (χ4v) is 2.86. The maximum absolute atomic E-state index is 9.67. The topological polar surface area (TPSA) is 58.0 Å². The van der Waals surface area contributed by atoms with E-state index in [2.05, 4.69) is 43.9 Å². The van der Waals surface area contributed by atoms with Gasteiger partial charge in [0.1, 0.15) is 5.75 Å². The molecule has 0 saturated heterocycles. The number of pyridine rings is 1. The van der Waals surface area contributed by atoms with Gasteiger partial charge < -0.3 is 14.8 Å². The van der Waals surface area contributed by atoms with Crippen molar-refractivity contribution in [2.75, 3.05) is 6.54 Å². The Kier molecular flexibility index (Phi) is 6.61. The van der Waals surface area contributed by atoms with E-state index in [9.17, 15) is 5.21 Å². The molecule has 0 amide bonds. The van der Waals surface area contributed by atoms with Gasteiger partial charge in [0.15, 0.2) is 5.84 Å². The molecule has 0 fully saturated rings. The van der Waals surface area contributed by atoms with Crippen LogP contribution in [0.3, 0.4) is 0 Å².